The summed E-state index contributed by atoms with van der Waals surface area (Å²) in [7, 11) is 0. The molecule has 1 aliphatic heterocycles. The summed E-state index contributed by atoms with van der Waals surface area (Å²) in [5.41, 5.74) is 1.13. The highest BCUT2D eigenvalue weighted by molar-refractivity contribution is 5.37. The summed E-state index contributed by atoms with van der Waals surface area (Å²) in [6.07, 6.45) is 11.7. The zero-order valence-electron chi connectivity index (χ0n) is 6.60. The standard InChI is InChI=1S/C10H10O2/c11-6-10-5-8-3-1-2-4-9(8)7-12-10/h1-5,7-8,11H,6H2. The molecule has 0 amide bonds. The van der Waals surface area contributed by atoms with E-state index in [1.807, 2.05) is 24.3 Å². The van der Waals surface area contributed by atoms with Crippen LogP contribution in [0.5, 0.6) is 0 Å². The van der Waals surface area contributed by atoms with Crippen LogP contribution in [-0.2, 0) is 4.74 Å². The van der Waals surface area contributed by atoms with E-state index in [0.717, 1.165) is 5.57 Å². The Kier molecular flexibility index (Phi) is 1.84. The summed E-state index contributed by atoms with van der Waals surface area (Å²) in [5.74, 6) is 0.912. The number of rotatable bonds is 1. The van der Waals surface area contributed by atoms with Crippen LogP contribution in [0.15, 0.2) is 48.0 Å². The quantitative estimate of drug-likeness (QED) is 0.633. The molecule has 0 fully saturated rings. The molecule has 12 heavy (non-hydrogen) atoms. The lowest BCUT2D eigenvalue weighted by Gasteiger charge is -2.19. The van der Waals surface area contributed by atoms with Crippen molar-refractivity contribution in [3.63, 3.8) is 0 Å². The highest BCUT2D eigenvalue weighted by atomic mass is 16.5. The SMILES string of the molecule is OCC1=CC2C=CC=CC2=CO1. The lowest BCUT2D eigenvalue weighted by atomic mass is 9.94. The zero-order chi connectivity index (χ0) is 8.39. The van der Waals surface area contributed by atoms with Crippen LogP contribution >= 0.6 is 0 Å². The van der Waals surface area contributed by atoms with E-state index in [-0.39, 0.29) is 12.5 Å². The van der Waals surface area contributed by atoms with Crippen molar-refractivity contribution in [3.05, 3.63) is 48.0 Å². The number of aliphatic hydroxyl groups is 1. The van der Waals surface area contributed by atoms with Gasteiger partial charge in [0.1, 0.15) is 12.4 Å². The molecule has 2 rings (SSSR count). The third-order valence-electron chi connectivity index (χ3n) is 1.97. The first-order chi connectivity index (χ1) is 5.90. The molecule has 1 N–H and O–H groups in total. The number of ether oxygens (including phenoxy) is 1. The molecule has 2 heteroatoms. The van der Waals surface area contributed by atoms with Crippen LogP contribution in [0.25, 0.3) is 0 Å². The molecule has 0 aromatic carbocycles. The third-order valence-corrected chi connectivity index (χ3v) is 1.97. The van der Waals surface area contributed by atoms with Crippen molar-refractivity contribution in [1.82, 2.24) is 0 Å². The highest BCUT2D eigenvalue weighted by Gasteiger charge is 2.14. The summed E-state index contributed by atoms with van der Waals surface area (Å²) < 4.78 is 5.16. The Morgan fingerprint density at radius 1 is 1.42 bits per heavy atom. The maximum absolute atomic E-state index is 8.82. The number of fused-ring (bicyclic) bond motifs is 1. The number of allylic oxidation sites excluding steroid dienone is 6. The second-order valence-corrected chi connectivity index (χ2v) is 2.80. The van der Waals surface area contributed by atoms with Crippen LogP contribution in [0, 0.1) is 5.92 Å². The molecule has 0 saturated carbocycles. The average molecular weight is 162 g/mol. The summed E-state index contributed by atoms with van der Waals surface area (Å²) in [5, 5.41) is 8.82. The van der Waals surface area contributed by atoms with Gasteiger partial charge in [-0.15, -0.1) is 0 Å². The van der Waals surface area contributed by atoms with Gasteiger partial charge in [-0.3, -0.25) is 0 Å². The van der Waals surface area contributed by atoms with E-state index >= 15 is 0 Å². The molecule has 0 radical (unpaired) electrons. The minimum Gasteiger partial charge on any atom is -0.467 e. The van der Waals surface area contributed by atoms with E-state index in [9.17, 15) is 0 Å². The van der Waals surface area contributed by atoms with Gasteiger partial charge in [0.2, 0.25) is 0 Å². The summed E-state index contributed by atoms with van der Waals surface area (Å²) >= 11 is 0. The molecule has 0 bridgehead atoms. The molecule has 62 valence electrons. The normalized spacial score (nSPS) is 25.6. The zero-order valence-corrected chi connectivity index (χ0v) is 6.60. The van der Waals surface area contributed by atoms with Gasteiger partial charge < -0.3 is 9.84 Å². The average Bonchev–Trinajstić information content (AvgIpc) is 2.17. The van der Waals surface area contributed by atoms with E-state index in [2.05, 4.69) is 6.08 Å². The van der Waals surface area contributed by atoms with Gasteiger partial charge in [0, 0.05) is 5.92 Å². The molecule has 0 spiro atoms. The Morgan fingerprint density at radius 3 is 3.17 bits per heavy atom. The van der Waals surface area contributed by atoms with Gasteiger partial charge in [-0.25, -0.2) is 0 Å². The van der Waals surface area contributed by atoms with Crippen LogP contribution < -0.4 is 0 Å². The summed E-state index contributed by atoms with van der Waals surface area (Å²) in [6.45, 7) is -0.0299. The van der Waals surface area contributed by atoms with Gasteiger partial charge in [-0.1, -0.05) is 24.3 Å². The Bertz CT molecular complexity index is 295. The Hall–Kier alpha value is -1.28. The monoisotopic (exact) mass is 162 g/mol. The Morgan fingerprint density at radius 2 is 2.33 bits per heavy atom. The number of hydrogen-bond donors (Lipinski definition) is 1. The predicted molar refractivity (Wildman–Crippen MR) is 46.1 cm³/mol. The van der Waals surface area contributed by atoms with Crippen LogP contribution in [0.1, 0.15) is 0 Å². The molecule has 1 heterocycles. The van der Waals surface area contributed by atoms with Gasteiger partial charge in [-0.05, 0) is 11.6 Å². The van der Waals surface area contributed by atoms with E-state index < -0.39 is 0 Å². The van der Waals surface area contributed by atoms with Crippen LogP contribution in [-0.4, -0.2) is 11.7 Å². The predicted octanol–water partition coefficient (Wildman–Crippen LogP) is 1.52. The lowest BCUT2D eigenvalue weighted by Crippen LogP contribution is -2.08. The first-order valence-electron chi connectivity index (χ1n) is 3.93. The fourth-order valence-corrected chi connectivity index (χ4v) is 1.32. The Balaban J connectivity index is 2.23. The first kappa shape index (κ1) is 7.37. The van der Waals surface area contributed by atoms with E-state index in [4.69, 9.17) is 9.84 Å². The largest absolute Gasteiger partial charge is 0.467 e. The number of aliphatic hydroxyl groups excluding tert-OH is 1. The van der Waals surface area contributed by atoms with Crippen molar-refractivity contribution in [2.45, 2.75) is 0 Å². The fourth-order valence-electron chi connectivity index (χ4n) is 1.32. The van der Waals surface area contributed by atoms with Gasteiger partial charge >= 0.3 is 0 Å². The van der Waals surface area contributed by atoms with Crippen molar-refractivity contribution >= 4 is 0 Å². The molecule has 2 aliphatic rings. The van der Waals surface area contributed by atoms with Crippen LogP contribution in [0.2, 0.25) is 0 Å². The highest BCUT2D eigenvalue weighted by Crippen LogP contribution is 2.25. The van der Waals surface area contributed by atoms with Gasteiger partial charge in [0.15, 0.2) is 0 Å². The molecule has 1 atom stereocenters. The van der Waals surface area contributed by atoms with Crippen molar-refractivity contribution in [2.24, 2.45) is 5.92 Å². The molecule has 1 aliphatic carbocycles. The molecule has 0 aromatic heterocycles. The second-order valence-electron chi connectivity index (χ2n) is 2.80. The maximum Gasteiger partial charge on any atom is 0.126 e. The maximum atomic E-state index is 8.82. The van der Waals surface area contributed by atoms with E-state index in [1.165, 1.54) is 0 Å². The van der Waals surface area contributed by atoms with Crippen molar-refractivity contribution < 1.29 is 9.84 Å². The summed E-state index contributed by atoms with van der Waals surface area (Å²) in [4.78, 5) is 0. The Labute approximate surface area is 71.2 Å². The minimum atomic E-state index is -0.0299. The van der Waals surface area contributed by atoms with Crippen LogP contribution in [0.3, 0.4) is 0 Å². The molecule has 2 nitrogen and oxygen atoms in total. The van der Waals surface area contributed by atoms with Crippen LogP contribution in [0.4, 0.5) is 0 Å². The first-order valence-corrected chi connectivity index (χ1v) is 3.93. The van der Waals surface area contributed by atoms with Crippen molar-refractivity contribution in [1.29, 1.82) is 0 Å². The topological polar surface area (TPSA) is 29.5 Å². The van der Waals surface area contributed by atoms with Gasteiger partial charge in [0.25, 0.3) is 0 Å². The van der Waals surface area contributed by atoms with E-state index in [0.29, 0.717) is 5.76 Å². The lowest BCUT2D eigenvalue weighted by molar-refractivity contribution is 0.226. The van der Waals surface area contributed by atoms with Crippen molar-refractivity contribution in [2.75, 3.05) is 6.61 Å². The molecule has 1 unspecified atom stereocenters. The fraction of sp³-hybridized carbons (Fsp3) is 0.200. The second kappa shape index (κ2) is 2.99. The molecular formula is C10H10O2. The minimum absolute atomic E-state index is 0.0299. The molecule has 0 saturated heterocycles. The molecular weight excluding hydrogens is 152 g/mol. The van der Waals surface area contributed by atoms with Crippen molar-refractivity contribution in [3.8, 4) is 0 Å². The van der Waals surface area contributed by atoms with E-state index in [1.54, 1.807) is 6.26 Å². The summed E-state index contributed by atoms with van der Waals surface area (Å²) in [6, 6.07) is 0. The van der Waals surface area contributed by atoms with Gasteiger partial charge in [0.05, 0.1) is 6.26 Å². The number of hydrogen-bond acceptors (Lipinski definition) is 2. The third kappa shape index (κ3) is 1.21. The van der Waals surface area contributed by atoms with Gasteiger partial charge in [-0.2, -0.15) is 0 Å². The molecule has 0 aromatic rings. The smallest absolute Gasteiger partial charge is 0.126 e.